The second-order valence-corrected chi connectivity index (χ2v) is 4.32. The van der Waals surface area contributed by atoms with Crippen molar-refractivity contribution in [2.75, 3.05) is 0 Å². The summed E-state index contributed by atoms with van der Waals surface area (Å²) >= 11 is 1.70. The Morgan fingerprint density at radius 3 is 2.86 bits per heavy atom. The molecule has 0 saturated heterocycles. The first-order chi connectivity index (χ1) is 6.79. The fraction of sp³-hybridized carbons (Fsp3) is 0.0909. The first-order valence-electron chi connectivity index (χ1n) is 4.26. The SMILES string of the molecule is Cc1ccc(-c2cncc(C=O)c2)s1. The van der Waals surface area contributed by atoms with E-state index in [0.29, 0.717) is 5.56 Å². The molecular weight excluding hydrogens is 194 g/mol. The zero-order valence-electron chi connectivity index (χ0n) is 7.73. The van der Waals surface area contributed by atoms with Gasteiger partial charge in [0, 0.05) is 33.3 Å². The van der Waals surface area contributed by atoms with Gasteiger partial charge >= 0.3 is 0 Å². The summed E-state index contributed by atoms with van der Waals surface area (Å²) in [6.07, 6.45) is 4.16. The van der Waals surface area contributed by atoms with Crippen LogP contribution in [0.15, 0.2) is 30.6 Å². The van der Waals surface area contributed by atoms with Gasteiger partial charge < -0.3 is 0 Å². The average Bonchev–Trinajstić information content (AvgIpc) is 2.65. The van der Waals surface area contributed by atoms with Crippen molar-refractivity contribution in [2.24, 2.45) is 0 Å². The molecule has 2 aromatic heterocycles. The number of carbonyl (C=O) groups excluding carboxylic acids is 1. The van der Waals surface area contributed by atoms with Gasteiger partial charge in [0.2, 0.25) is 0 Å². The lowest BCUT2D eigenvalue weighted by molar-refractivity contribution is 0.112. The average molecular weight is 203 g/mol. The molecule has 0 atom stereocenters. The molecule has 0 aliphatic rings. The maximum atomic E-state index is 10.6. The Morgan fingerprint density at radius 1 is 1.36 bits per heavy atom. The van der Waals surface area contributed by atoms with Crippen LogP contribution in [0.5, 0.6) is 0 Å². The molecule has 2 nitrogen and oxygen atoms in total. The van der Waals surface area contributed by atoms with Crippen LogP contribution in [0.3, 0.4) is 0 Å². The van der Waals surface area contributed by atoms with E-state index in [1.807, 2.05) is 12.1 Å². The normalized spacial score (nSPS) is 10.1. The highest BCUT2D eigenvalue weighted by Gasteiger charge is 2.01. The lowest BCUT2D eigenvalue weighted by Crippen LogP contribution is -1.83. The van der Waals surface area contributed by atoms with Gasteiger partial charge in [-0.1, -0.05) is 0 Å². The summed E-state index contributed by atoms with van der Waals surface area (Å²) in [5, 5.41) is 0. The number of carbonyl (C=O) groups is 1. The topological polar surface area (TPSA) is 30.0 Å². The Morgan fingerprint density at radius 2 is 2.21 bits per heavy atom. The third-order valence-electron chi connectivity index (χ3n) is 1.92. The summed E-state index contributed by atoms with van der Waals surface area (Å²) in [5.41, 5.74) is 1.63. The highest BCUT2D eigenvalue weighted by molar-refractivity contribution is 7.15. The number of aryl methyl sites for hydroxylation is 1. The zero-order chi connectivity index (χ0) is 9.97. The molecule has 2 heterocycles. The second-order valence-electron chi connectivity index (χ2n) is 3.04. The van der Waals surface area contributed by atoms with Crippen LogP contribution in [-0.4, -0.2) is 11.3 Å². The van der Waals surface area contributed by atoms with Crippen LogP contribution in [0, 0.1) is 6.92 Å². The van der Waals surface area contributed by atoms with E-state index in [4.69, 9.17) is 0 Å². The first kappa shape index (κ1) is 9.09. The molecule has 0 fully saturated rings. The Balaban J connectivity index is 2.46. The van der Waals surface area contributed by atoms with Gasteiger partial charge in [-0.05, 0) is 25.1 Å². The predicted octanol–water partition coefficient (Wildman–Crippen LogP) is 2.93. The second kappa shape index (κ2) is 3.72. The summed E-state index contributed by atoms with van der Waals surface area (Å²) in [6, 6.07) is 5.96. The number of aldehydes is 1. The van der Waals surface area contributed by atoms with Crippen LogP contribution in [0.25, 0.3) is 10.4 Å². The van der Waals surface area contributed by atoms with E-state index < -0.39 is 0 Å². The molecule has 0 N–H and O–H groups in total. The van der Waals surface area contributed by atoms with Gasteiger partial charge in [0.1, 0.15) is 0 Å². The minimum Gasteiger partial charge on any atom is -0.298 e. The Bertz CT molecular complexity index is 462. The summed E-state index contributed by atoms with van der Waals surface area (Å²) in [5.74, 6) is 0. The van der Waals surface area contributed by atoms with E-state index in [9.17, 15) is 4.79 Å². The van der Waals surface area contributed by atoms with E-state index in [-0.39, 0.29) is 0 Å². The largest absolute Gasteiger partial charge is 0.298 e. The lowest BCUT2D eigenvalue weighted by atomic mass is 10.2. The number of hydrogen-bond donors (Lipinski definition) is 0. The molecule has 0 aliphatic heterocycles. The molecule has 70 valence electrons. The van der Waals surface area contributed by atoms with Crippen molar-refractivity contribution in [3.8, 4) is 10.4 Å². The molecule has 0 unspecified atom stereocenters. The molecule has 0 bridgehead atoms. The van der Waals surface area contributed by atoms with E-state index in [0.717, 1.165) is 16.7 Å². The van der Waals surface area contributed by atoms with Crippen molar-refractivity contribution in [3.05, 3.63) is 41.0 Å². The quantitative estimate of drug-likeness (QED) is 0.702. The van der Waals surface area contributed by atoms with Crippen LogP contribution in [0.4, 0.5) is 0 Å². The molecular formula is C11H9NOS. The van der Waals surface area contributed by atoms with Crippen LogP contribution in [-0.2, 0) is 0 Å². The van der Waals surface area contributed by atoms with Crippen LogP contribution >= 0.6 is 11.3 Å². The summed E-state index contributed by atoms with van der Waals surface area (Å²) in [7, 11) is 0. The standard InChI is InChI=1S/C11H9NOS/c1-8-2-3-11(14-8)10-4-9(7-13)5-12-6-10/h2-7H,1H3. The third kappa shape index (κ3) is 1.72. The minimum absolute atomic E-state index is 0.619. The van der Waals surface area contributed by atoms with Gasteiger partial charge in [-0.2, -0.15) is 0 Å². The van der Waals surface area contributed by atoms with E-state index in [2.05, 4.69) is 18.0 Å². The highest BCUT2D eigenvalue weighted by Crippen LogP contribution is 2.27. The number of pyridine rings is 1. The molecule has 0 aromatic carbocycles. The molecule has 14 heavy (non-hydrogen) atoms. The Hall–Kier alpha value is -1.48. The molecule has 0 radical (unpaired) electrons. The fourth-order valence-corrected chi connectivity index (χ4v) is 2.10. The molecule has 0 saturated carbocycles. The third-order valence-corrected chi connectivity index (χ3v) is 2.97. The van der Waals surface area contributed by atoms with E-state index in [1.54, 1.807) is 23.7 Å². The van der Waals surface area contributed by atoms with Crippen molar-refractivity contribution in [3.63, 3.8) is 0 Å². The van der Waals surface area contributed by atoms with E-state index in [1.165, 1.54) is 4.88 Å². The number of aromatic nitrogens is 1. The Kier molecular flexibility index (Phi) is 2.41. The smallest absolute Gasteiger partial charge is 0.151 e. The number of hydrogen-bond acceptors (Lipinski definition) is 3. The van der Waals surface area contributed by atoms with Crippen LogP contribution in [0.2, 0.25) is 0 Å². The number of nitrogens with zero attached hydrogens (tertiary/aromatic N) is 1. The van der Waals surface area contributed by atoms with Gasteiger partial charge in [0.25, 0.3) is 0 Å². The van der Waals surface area contributed by atoms with Gasteiger partial charge in [-0.15, -0.1) is 11.3 Å². The molecule has 0 aliphatic carbocycles. The predicted molar refractivity (Wildman–Crippen MR) is 57.7 cm³/mol. The monoisotopic (exact) mass is 203 g/mol. The van der Waals surface area contributed by atoms with E-state index >= 15 is 0 Å². The molecule has 0 spiro atoms. The van der Waals surface area contributed by atoms with Crippen molar-refractivity contribution in [1.29, 1.82) is 0 Å². The maximum absolute atomic E-state index is 10.6. The summed E-state index contributed by atoms with van der Waals surface area (Å²) < 4.78 is 0. The van der Waals surface area contributed by atoms with Gasteiger partial charge in [0.15, 0.2) is 6.29 Å². The van der Waals surface area contributed by atoms with Crippen LogP contribution in [0.1, 0.15) is 15.2 Å². The first-order valence-corrected chi connectivity index (χ1v) is 5.08. The number of thiophene rings is 1. The molecule has 3 heteroatoms. The highest BCUT2D eigenvalue weighted by atomic mass is 32.1. The molecule has 2 aromatic rings. The Labute approximate surface area is 86.2 Å². The zero-order valence-corrected chi connectivity index (χ0v) is 8.54. The van der Waals surface area contributed by atoms with Gasteiger partial charge in [0.05, 0.1) is 0 Å². The molecule has 2 rings (SSSR count). The van der Waals surface area contributed by atoms with Gasteiger partial charge in [-0.3, -0.25) is 9.78 Å². The van der Waals surface area contributed by atoms with Crippen molar-refractivity contribution in [1.82, 2.24) is 4.98 Å². The maximum Gasteiger partial charge on any atom is 0.151 e. The molecule has 0 amide bonds. The minimum atomic E-state index is 0.619. The summed E-state index contributed by atoms with van der Waals surface area (Å²) in [6.45, 7) is 2.06. The van der Waals surface area contributed by atoms with Crippen molar-refractivity contribution < 1.29 is 4.79 Å². The number of rotatable bonds is 2. The summed E-state index contributed by atoms with van der Waals surface area (Å²) in [4.78, 5) is 17.0. The lowest BCUT2D eigenvalue weighted by Gasteiger charge is -1.96. The van der Waals surface area contributed by atoms with Crippen molar-refractivity contribution >= 4 is 17.6 Å². The van der Waals surface area contributed by atoms with Gasteiger partial charge in [-0.25, -0.2) is 0 Å². The van der Waals surface area contributed by atoms with Crippen molar-refractivity contribution in [2.45, 2.75) is 6.92 Å². The fourth-order valence-electron chi connectivity index (χ4n) is 1.25. The van der Waals surface area contributed by atoms with Crippen LogP contribution < -0.4 is 0 Å².